The van der Waals surface area contributed by atoms with Gasteiger partial charge in [-0.2, -0.15) is 0 Å². The molecular formula is C19H16ClN3O4. The fourth-order valence-corrected chi connectivity index (χ4v) is 2.73. The van der Waals surface area contributed by atoms with Crippen LogP contribution in [-0.2, 0) is 6.42 Å². The molecule has 0 atom stereocenters. The molecule has 27 heavy (non-hydrogen) atoms. The fourth-order valence-electron chi connectivity index (χ4n) is 2.73. The van der Waals surface area contributed by atoms with Crippen molar-refractivity contribution in [1.29, 1.82) is 0 Å². The third kappa shape index (κ3) is 4.59. The Bertz CT molecular complexity index is 978. The molecule has 0 aliphatic carbocycles. The van der Waals surface area contributed by atoms with Crippen molar-refractivity contribution in [2.75, 3.05) is 0 Å². The van der Waals surface area contributed by atoms with Crippen LogP contribution < -0.4 is 0 Å². The van der Waals surface area contributed by atoms with Crippen LogP contribution in [0.4, 0.5) is 5.69 Å². The summed E-state index contributed by atoms with van der Waals surface area (Å²) in [6.45, 7) is 0. The van der Waals surface area contributed by atoms with Gasteiger partial charge in [0.15, 0.2) is 0 Å². The minimum atomic E-state index is -0.489. The van der Waals surface area contributed by atoms with Crippen LogP contribution in [-0.4, -0.2) is 26.4 Å². The van der Waals surface area contributed by atoms with Crippen LogP contribution in [0.1, 0.15) is 16.7 Å². The largest absolute Gasteiger partial charge is 0.507 e. The lowest BCUT2D eigenvalue weighted by atomic mass is 9.95. The van der Waals surface area contributed by atoms with Gasteiger partial charge in [-0.15, -0.1) is 12.4 Å². The molecule has 1 aromatic heterocycles. The van der Waals surface area contributed by atoms with Gasteiger partial charge < -0.3 is 10.3 Å². The number of hydrogen-bond acceptors (Lipinski definition) is 6. The van der Waals surface area contributed by atoms with Gasteiger partial charge in [-0.05, 0) is 47.4 Å². The average molecular weight is 386 g/mol. The van der Waals surface area contributed by atoms with E-state index in [1.54, 1.807) is 36.7 Å². The fraction of sp³-hybridized carbons (Fsp3) is 0.0526. The van der Waals surface area contributed by atoms with Gasteiger partial charge in [-0.25, -0.2) is 0 Å². The van der Waals surface area contributed by atoms with Crippen LogP contribution in [0.15, 0.2) is 66.1 Å². The molecule has 0 saturated carbocycles. The second-order valence-electron chi connectivity index (χ2n) is 5.67. The third-order valence-electron chi connectivity index (χ3n) is 3.92. The Hall–Kier alpha value is -3.45. The Labute approximate surface area is 161 Å². The summed E-state index contributed by atoms with van der Waals surface area (Å²) in [6.07, 6.45) is 5.07. The van der Waals surface area contributed by atoms with E-state index < -0.39 is 4.92 Å². The quantitative estimate of drug-likeness (QED) is 0.296. The van der Waals surface area contributed by atoms with Gasteiger partial charge in [0.1, 0.15) is 5.75 Å². The van der Waals surface area contributed by atoms with Gasteiger partial charge >= 0.3 is 0 Å². The van der Waals surface area contributed by atoms with Crippen molar-refractivity contribution in [2.45, 2.75) is 6.42 Å². The second kappa shape index (κ2) is 8.77. The Morgan fingerprint density at radius 2 is 1.85 bits per heavy atom. The van der Waals surface area contributed by atoms with Crippen LogP contribution >= 0.6 is 12.4 Å². The number of aromatic nitrogens is 1. The number of pyridine rings is 1. The first kappa shape index (κ1) is 19.9. The summed E-state index contributed by atoms with van der Waals surface area (Å²) in [5.74, 6) is -0.109. The number of phenols is 1. The number of non-ortho nitro benzene ring substituents is 1. The standard InChI is InChI=1S/C19H15N3O4.ClH/c23-19-16(12-21-24)9-14(8-13-4-6-20-7-5-13)10-18(19)15-2-1-3-17(11-15)22(25)26;/h1-7,9-12,23-24H,8H2;1H. The molecule has 0 amide bonds. The maximum absolute atomic E-state index is 11.0. The van der Waals surface area contributed by atoms with Crippen LogP contribution in [0.25, 0.3) is 11.1 Å². The Morgan fingerprint density at radius 3 is 2.52 bits per heavy atom. The van der Waals surface area contributed by atoms with Gasteiger partial charge in [0.25, 0.3) is 5.69 Å². The summed E-state index contributed by atoms with van der Waals surface area (Å²) in [5, 5.41) is 33.4. The molecule has 0 saturated heterocycles. The smallest absolute Gasteiger partial charge is 0.270 e. The van der Waals surface area contributed by atoms with E-state index in [2.05, 4.69) is 10.1 Å². The zero-order valence-electron chi connectivity index (χ0n) is 14.0. The van der Waals surface area contributed by atoms with Gasteiger partial charge in [0.05, 0.1) is 11.1 Å². The topological polar surface area (TPSA) is 109 Å². The van der Waals surface area contributed by atoms with E-state index in [-0.39, 0.29) is 23.8 Å². The third-order valence-corrected chi connectivity index (χ3v) is 3.92. The highest BCUT2D eigenvalue weighted by Crippen LogP contribution is 2.35. The SMILES string of the molecule is Cl.O=[N+]([O-])c1cccc(-c2cc(Cc3ccncc3)cc(C=NO)c2O)c1. The number of oxime groups is 1. The summed E-state index contributed by atoms with van der Waals surface area (Å²) in [5.41, 5.74) is 3.04. The summed E-state index contributed by atoms with van der Waals surface area (Å²) in [7, 11) is 0. The lowest BCUT2D eigenvalue weighted by molar-refractivity contribution is -0.384. The lowest BCUT2D eigenvalue weighted by Crippen LogP contribution is -1.95. The highest BCUT2D eigenvalue weighted by Gasteiger charge is 2.14. The molecule has 0 aliphatic rings. The molecule has 1 heterocycles. The normalized spacial score (nSPS) is 10.5. The molecule has 0 fully saturated rings. The molecule has 0 unspecified atom stereocenters. The van der Waals surface area contributed by atoms with Crippen LogP contribution in [0, 0.1) is 10.1 Å². The van der Waals surface area contributed by atoms with Crippen molar-refractivity contribution in [2.24, 2.45) is 5.16 Å². The van der Waals surface area contributed by atoms with Gasteiger partial charge in [-0.3, -0.25) is 15.1 Å². The van der Waals surface area contributed by atoms with E-state index in [9.17, 15) is 15.2 Å². The Morgan fingerprint density at radius 1 is 1.11 bits per heavy atom. The highest BCUT2D eigenvalue weighted by atomic mass is 35.5. The van der Waals surface area contributed by atoms with Crippen molar-refractivity contribution in [3.8, 4) is 16.9 Å². The minimum Gasteiger partial charge on any atom is -0.507 e. The van der Waals surface area contributed by atoms with E-state index in [1.807, 2.05) is 12.1 Å². The first-order valence-electron chi connectivity index (χ1n) is 7.75. The number of aromatic hydroxyl groups is 1. The summed E-state index contributed by atoms with van der Waals surface area (Å²) in [4.78, 5) is 14.5. The number of halogens is 1. The first-order valence-corrected chi connectivity index (χ1v) is 7.75. The Balaban J connectivity index is 0.00000261. The van der Waals surface area contributed by atoms with Crippen LogP contribution in [0.5, 0.6) is 5.75 Å². The number of nitrogens with zero attached hydrogens (tertiary/aromatic N) is 3. The first-order chi connectivity index (χ1) is 12.6. The van der Waals surface area contributed by atoms with Crippen molar-refractivity contribution >= 4 is 24.3 Å². The van der Waals surface area contributed by atoms with Crippen molar-refractivity contribution in [3.63, 3.8) is 0 Å². The maximum Gasteiger partial charge on any atom is 0.270 e. The molecule has 2 aromatic carbocycles. The molecule has 3 rings (SSSR count). The average Bonchev–Trinajstić information content (AvgIpc) is 2.65. The molecular weight excluding hydrogens is 370 g/mol. The summed E-state index contributed by atoms with van der Waals surface area (Å²) >= 11 is 0. The van der Waals surface area contributed by atoms with E-state index in [4.69, 9.17) is 5.21 Å². The number of rotatable bonds is 5. The van der Waals surface area contributed by atoms with Crippen molar-refractivity contribution in [1.82, 2.24) is 4.98 Å². The number of nitro benzene ring substituents is 1. The van der Waals surface area contributed by atoms with Gasteiger partial charge in [0, 0.05) is 35.7 Å². The zero-order chi connectivity index (χ0) is 18.5. The molecule has 7 nitrogen and oxygen atoms in total. The number of phenolic OH excluding ortho intramolecular Hbond substituents is 1. The molecule has 2 N–H and O–H groups in total. The lowest BCUT2D eigenvalue weighted by Gasteiger charge is -2.11. The van der Waals surface area contributed by atoms with Gasteiger partial charge in [-0.1, -0.05) is 17.3 Å². The Kier molecular flexibility index (Phi) is 6.46. The number of hydrogen-bond donors (Lipinski definition) is 2. The van der Waals surface area contributed by atoms with E-state index in [1.165, 1.54) is 12.1 Å². The number of nitro groups is 1. The summed E-state index contributed by atoms with van der Waals surface area (Å²) in [6, 6.07) is 13.2. The molecule has 138 valence electrons. The van der Waals surface area contributed by atoms with Gasteiger partial charge in [0.2, 0.25) is 0 Å². The van der Waals surface area contributed by atoms with E-state index >= 15 is 0 Å². The van der Waals surface area contributed by atoms with Crippen LogP contribution in [0.3, 0.4) is 0 Å². The maximum atomic E-state index is 11.0. The predicted octanol–water partition coefficient (Wildman–Crippen LogP) is 4.18. The molecule has 0 spiro atoms. The molecule has 0 bridgehead atoms. The second-order valence-corrected chi connectivity index (χ2v) is 5.67. The molecule has 3 aromatic rings. The molecule has 0 radical (unpaired) electrons. The molecule has 8 heteroatoms. The van der Waals surface area contributed by atoms with Crippen molar-refractivity contribution in [3.05, 3.63) is 87.7 Å². The van der Waals surface area contributed by atoms with E-state index in [0.717, 1.165) is 17.3 Å². The van der Waals surface area contributed by atoms with Crippen molar-refractivity contribution < 1.29 is 15.2 Å². The zero-order valence-corrected chi connectivity index (χ0v) is 14.8. The summed E-state index contributed by atoms with van der Waals surface area (Å²) < 4.78 is 0. The van der Waals surface area contributed by atoms with E-state index in [0.29, 0.717) is 23.1 Å². The minimum absolute atomic E-state index is 0. The predicted molar refractivity (Wildman–Crippen MR) is 104 cm³/mol. The van der Waals surface area contributed by atoms with Crippen LogP contribution in [0.2, 0.25) is 0 Å². The molecule has 0 aliphatic heterocycles. The highest BCUT2D eigenvalue weighted by molar-refractivity contribution is 5.89. The number of benzene rings is 2. The monoisotopic (exact) mass is 385 g/mol.